The second-order valence-electron chi connectivity index (χ2n) is 11.1. The Labute approximate surface area is 241 Å². The van der Waals surface area contributed by atoms with Gasteiger partial charge in [0.15, 0.2) is 11.5 Å². The van der Waals surface area contributed by atoms with Crippen LogP contribution in [0.1, 0.15) is 53.7 Å². The fourth-order valence-electron chi connectivity index (χ4n) is 5.46. The number of hydrogen-bond acceptors (Lipinski definition) is 6. The number of piperidine rings is 1. The van der Waals surface area contributed by atoms with E-state index in [2.05, 4.69) is 0 Å². The van der Waals surface area contributed by atoms with Crippen molar-refractivity contribution in [1.82, 2.24) is 9.91 Å². The summed E-state index contributed by atoms with van der Waals surface area (Å²) in [6, 6.07) is 21.1. The Morgan fingerprint density at radius 1 is 0.951 bits per heavy atom. The van der Waals surface area contributed by atoms with E-state index in [-0.39, 0.29) is 17.9 Å². The van der Waals surface area contributed by atoms with E-state index in [0.717, 1.165) is 16.7 Å². The lowest BCUT2D eigenvalue weighted by atomic mass is 9.83. The molecule has 8 nitrogen and oxygen atoms in total. The average molecular weight is 556 g/mol. The SMILES string of the molecule is COc1ccc(C2=NN(C3CCN(C(=O)c4cc(OCc5ccccc5)ccc4C)CC3)C(=O)C2(C)C)cc1OC. The van der Waals surface area contributed by atoms with Crippen LogP contribution in [0.4, 0.5) is 0 Å². The highest BCUT2D eigenvalue weighted by atomic mass is 16.5. The minimum Gasteiger partial charge on any atom is -0.493 e. The molecule has 5 rings (SSSR count). The van der Waals surface area contributed by atoms with Crippen molar-refractivity contribution in [2.24, 2.45) is 10.5 Å². The molecule has 0 N–H and O–H groups in total. The average Bonchev–Trinajstić information content (AvgIpc) is 3.24. The molecule has 0 aliphatic carbocycles. The van der Waals surface area contributed by atoms with Crippen molar-refractivity contribution in [3.63, 3.8) is 0 Å². The number of hydrogen-bond donors (Lipinski definition) is 0. The maximum absolute atomic E-state index is 13.5. The zero-order valence-electron chi connectivity index (χ0n) is 24.3. The van der Waals surface area contributed by atoms with Crippen LogP contribution in [0.25, 0.3) is 0 Å². The highest BCUT2D eigenvalue weighted by Gasteiger charge is 2.47. The Morgan fingerprint density at radius 3 is 2.34 bits per heavy atom. The Hall–Kier alpha value is -4.33. The van der Waals surface area contributed by atoms with Gasteiger partial charge in [0.25, 0.3) is 11.8 Å². The highest BCUT2D eigenvalue weighted by molar-refractivity contribution is 6.19. The first kappa shape index (κ1) is 28.2. The number of amides is 2. The lowest BCUT2D eigenvalue weighted by Gasteiger charge is -2.35. The van der Waals surface area contributed by atoms with Crippen molar-refractivity contribution in [2.45, 2.75) is 46.3 Å². The van der Waals surface area contributed by atoms with Crippen molar-refractivity contribution in [3.05, 3.63) is 89.0 Å². The van der Waals surface area contributed by atoms with Gasteiger partial charge < -0.3 is 19.1 Å². The molecule has 1 saturated heterocycles. The smallest absolute Gasteiger partial charge is 0.254 e. The summed E-state index contributed by atoms with van der Waals surface area (Å²) >= 11 is 0. The van der Waals surface area contributed by atoms with E-state index < -0.39 is 5.41 Å². The summed E-state index contributed by atoms with van der Waals surface area (Å²) < 4.78 is 16.8. The van der Waals surface area contributed by atoms with Crippen LogP contribution in [0, 0.1) is 12.3 Å². The summed E-state index contributed by atoms with van der Waals surface area (Å²) in [7, 11) is 3.18. The van der Waals surface area contributed by atoms with E-state index in [0.29, 0.717) is 61.1 Å². The second-order valence-corrected chi connectivity index (χ2v) is 11.1. The van der Waals surface area contributed by atoms with E-state index in [1.165, 1.54) is 0 Å². The van der Waals surface area contributed by atoms with Crippen molar-refractivity contribution in [1.29, 1.82) is 0 Å². The van der Waals surface area contributed by atoms with E-state index in [1.54, 1.807) is 19.2 Å². The molecule has 0 atom stereocenters. The quantitative estimate of drug-likeness (QED) is 0.368. The van der Waals surface area contributed by atoms with Gasteiger partial charge in [-0.05, 0) is 75.1 Å². The maximum atomic E-state index is 13.5. The Balaban J connectivity index is 1.27. The van der Waals surface area contributed by atoms with Gasteiger partial charge in [-0.1, -0.05) is 36.4 Å². The molecular weight excluding hydrogens is 518 g/mol. The molecule has 0 unspecified atom stereocenters. The summed E-state index contributed by atoms with van der Waals surface area (Å²) in [6.45, 7) is 7.27. The Bertz CT molecular complexity index is 1460. The van der Waals surface area contributed by atoms with Gasteiger partial charge >= 0.3 is 0 Å². The minimum absolute atomic E-state index is 0.0197. The number of methoxy groups -OCH3 is 2. The molecule has 2 aliphatic rings. The maximum Gasteiger partial charge on any atom is 0.254 e. The van der Waals surface area contributed by atoms with Crippen LogP contribution in [0.5, 0.6) is 17.2 Å². The summed E-state index contributed by atoms with van der Waals surface area (Å²) in [5, 5.41) is 6.47. The van der Waals surface area contributed by atoms with Gasteiger partial charge in [-0.15, -0.1) is 0 Å². The van der Waals surface area contributed by atoms with E-state index >= 15 is 0 Å². The summed E-state index contributed by atoms with van der Waals surface area (Å²) in [6.07, 6.45) is 1.30. The number of aryl methyl sites for hydroxylation is 1. The van der Waals surface area contributed by atoms with Crippen molar-refractivity contribution in [3.8, 4) is 17.2 Å². The van der Waals surface area contributed by atoms with Gasteiger partial charge in [0.2, 0.25) is 0 Å². The number of carbonyl (C=O) groups is 2. The monoisotopic (exact) mass is 555 g/mol. The fraction of sp³-hybridized carbons (Fsp3) is 0.364. The first-order valence-corrected chi connectivity index (χ1v) is 13.9. The molecule has 2 heterocycles. The molecule has 41 heavy (non-hydrogen) atoms. The Morgan fingerprint density at radius 2 is 1.66 bits per heavy atom. The molecule has 0 saturated carbocycles. The number of benzene rings is 3. The zero-order chi connectivity index (χ0) is 29.1. The molecule has 0 spiro atoms. The molecule has 1 fully saturated rings. The normalized spacial score (nSPS) is 16.9. The number of hydrazone groups is 1. The molecule has 3 aromatic carbocycles. The van der Waals surface area contributed by atoms with Crippen LogP contribution < -0.4 is 14.2 Å². The second kappa shape index (κ2) is 11.6. The topological polar surface area (TPSA) is 80.7 Å². The van der Waals surface area contributed by atoms with Gasteiger partial charge in [0, 0.05) is 24.2 Å². The first-order chi connectivity index (χ1) is 19.7. The summed E-state index contributed by atoms with van der Waals surface area (Å²) in [5.74, 6) is 1.82. The highest BCUT2D eigenvalue weighted by Crippen LogP contribution is 2.37. The van der Waals surface area contributed by atoms with Crippen LogP contribution in [-0.2, 0) is 11.4 Å². The number of ether oxygens (including phenoxy) is 3. The third-order valence-electron chi connectivity index (χ3n) is 7.98. The number of carbonyl (C=O) groups excluding carboxylic acids is 2. The third-order valence-corrected chi connectivity index (χ3v) is 7.98. The molecule has 2 aliphatic heterocycles. The molecule has 0 aromatic heterocycles. The number of likely N-dealkylation sites (tertiary alicyclic amines) is 1. The fourth-order valence-corrected chi connectivity index (χ4v) is 5.46. The first-order valence-electron chi connectivity index (χ1n) is 13.9. The van der Waals surface area contributed by atoms with Gasteiger partial charge in [-0.2, -0.15) is 5.10 Å². The minimum atomic E-state index is -0.788. The van der Waals surface area contributed by atoms with Gasteiger partial charge in [-0.25, -0.2) is 5.01 Å². The zero-order valence-corrected chi connectivity index (χ0v) is 24.3. The predicted molar refractivity (Wildman–Crippen MR) is 158 cm³/mol. The van der Waals surface area contributed by atoms with Crippen LogP contribution >= 0.6 is 0 Å². The van der Waals surface area contributed by atoms with Crippen molar-refractivity contribution in [2.75, 3.05) is 27.3 Å². The van der Waals surface area contributed by atoms with Crippen molar-refractivity contribution < 1.29 is 23.8 Å². The molecule has 3 aromatic rings. The van der Waals surface area contributed by atoms with Gasteiger partial charge in [0.05, 0.1) is 31.4 Å². The van der Waals surface area contributed by atoms with Gasteiger partial charge in [-0.3, -0.25) is 9.59 Å². The largest absolute Gasteiger partial charge is 0.493 e. The summed E-state index contributed by atoms with van der Waals surface area (Å²) in [4.78, 5) is 28.9. The lowest BCUT2D eigenvalue weighted by molar-refractivity contribution is -0.137. The van der Waals surface area contributed by atoms with Crippen LogP contribution in [-0.4, -0.2) is 60.8 Å². The third kappa shape index (κ3) is 5.64. The molecule has 214 valence electrons. The number of rotatable bonds is 8. The molecule has 8 heteroatoms. The summed E-state index contributed by atoms with van der Waals surface area (Å²) in [5.41, 5.74) is 3.35. The Kier molecular flexibility index (Phi) is 8.01. The van der Waals surface area contributed by atoms with Crippen LogP contribution in [0.2, 0.25) is 0 Å². The lowest BCUT2D eigenvalue weighted by Crippen LogP contribution is -2.47. The number of nitrogens with zero attached hydrogens (tertiary/aromatic N) is 3. The predicted octanol–water partition coefficient (Wildman–Crippen LogP) is 5.47. The molecular formula is C33H37N3O5. The van der Waals surface area contributed by atoms with Crippen molar-refractivity contribution >= 4 is 17.5 Å². The van der Waals surface area contributed by atoms with E-state index in [4.69, 9.17) is 19.3 Å². The molecule has 0 radical (unpaired) electrons. The molecule has 2 amide bonds. The van der Waals surface area contributed by atoms with E-state index in [9.17, 15) is 9.59 Å². The molecule has 0 bridgehead atoms. The van der Waals surface area contributed by atoms with Gasteiger partial charge in [0.1, 0.15) is 12.4 Å². The van der Waals surface area contributed by atoms with Crippen LogP contribution in [0.3, 0.4) is 0 Å². The van der Waals surface area contributed by atoms with E-state index in [1.807, 2.05) is 92.4 Å². The standard InChI is InChI=1S/C33H37N3O5/c1-22-11-13-26(41-21-23-9-7-6-8-10-23)20-27(22)31(37)35-17-15-25(16-18-35)36-32(38)33(2,3)30(34-36)24-12-14-28(39-4)29(19-24)40-5/h6-14,19-20,25H,15-18,21H2,1-5H3. The van der Waals surface area contributed by atoms with Crippen LogP contribution in [0.15, 0.2) is 71.8 Å².